The highest BCUT2D eigenvalue weighted by Crippen LogP contribution is 2.35. The summed E-state index contributed by atoms with van der Waals surface area (Å²) in [6.07, 6.45) is 1.56. The van der Waals surface area contributed by atoms with Crippen molar-refractivity contribution in [1.82, 2.24) is 9.88 Å². The molecule has 1 aliphatic rings. The van der Waals surface area contributed by atoms with Crippen LogP contribution in [0.1, 0.15) is 30.1 Å². The highest BCUT2D eigenvalue weighted by atomic mass is 79.9. The minimum absolute atomic E-state index is 0.170. The fourth-order valence-electron chi connectivity index (χ4n) is 3.77. The van der Waals surface area contributed by atoms with E-state index in [-0.39, 0.29) is 6.04 Å². The average molecular weight is 411 g/mol. The Morgan fingerprint density at radius 3 is 2.65 bits per heavy atom. The van der Waals surface area contributed by atoms with Gasteiger partial charge < -0.3 is 5.11 Å². The molecule has 0 aliphatic carbocycles. The Labute approximate surface area is 160 Å². The van der Waals surface area contributed by atoms with Crippen LogP contribution >= 0.6 is 15.9 Å². The molecule has 1 fully saturated rings. The number of benzene rings is 2. The van der Waals surface area contributed by atoms with E-state index < -0.39 is 12.0 Å². The Bertz CT molecular complexity index is 942. The van der Waals surface area contributed by atoms with Crippen LogP contribution in [0, 0.1) is 0 Å². The molecule has 2 atom stereocenters. The molecule has 0 amide bonds. The van der Waals surface area contributed by atoms with Gasteiger partial charge in [0.15, 0.2) is 0 Å². The molecule has 0 saturated carbocycles. The van der Waals surface area contributed by atoms with Gasteiger partial charge in [0.05, 0.1) is 17.3 Å². The van der Waals surface area contributed by atoms with E-state index in [1.165, 1.54) is 0 Å². The fraction of sp³-hybridized carbons (Fsp3) is 0.238. The second kappa shape index (κ2) is 7.17. The quantitative estimate of drug-likeness (QED) is 0.680. The summed E-state index contributed by atoms with van der Waals surface area (Å²) in [5.74, 6) is -0.759. The van der Waals surface area contributed by atoms with Gasteiger partial charge in [-0.3, -0.25) is 14.7 Å². The maximum atomic E-state index is 11.8. The first-order valence-corrected chi connectivity index (χ1v) is 9.52. The lowest BCUT2D eigenvalue weighted by molar-refractivity contribution is -0.142. The van der Waals surface area contributed by atoms with Gasteiger partial charge in [-0.2, -0.15) is 0 Å². The Kier molecular flexibility index (Phi) is 4.74. The van der Waals surface area contributed by atoms with Gasteiger partial charge in [0, 0.05) is 16.4 Å². The van der Waals surface area contributed by atoms with Crippen molar-refractivity contribution in [1.29, 1.82) is 0 Å². The Morgan fingerprint density at radius 2 is 1.88 bits per heavy atom. The van der Waals surface area contributed by atoms with E-state index in [1.807, 2.05) is 54.6 Å². The summed E-state index contributed by atoms with van der Waals surface area (Å²) in [7, 11) is 0. The van der Waals surface area contributed by atoms with Crippen LogP contribution in [0.5, 0.6) is 0 Å². The molecule has 1 saturated heterocycles. The molecule has 2 aromatic carbocycles. The lowest BCUT2D eigenvalue weighted by Gasteiger charge is -2.31. The third-order valence-electron chi connectivity index (χ3n) is 5.00. The van der Waals surface area contributed by atoms with Crippen LogP contribution in [0.15, 0.2) is 65.1 Å². The first kappa shape index (κ1) is 17.2. The van der Waals surface area contributed by atoms with Crippen molar-refractivity contribution in [2.75, 3.05) is 6.54 Å². The van der Waals surface area contributed by atoms with Crippen LogP contribution in [0.2, 0.25) is 0 Å². The van der Waals surface area contributed by atoms with E-state index in [4.69, 9.17) is 4.98 Å². The summed E-state index contributed by atoms with van der Waals surface area (Å²) in [5, 5.41) is 10.8. The molecule has 5 heteroatoms. The molecular weight excluding hydrogens is 392 g/mol. The number of carbonyl (C=O) groups is 1. The van der Waals surface area contributed by atoms with Gasteiger partial charge in [-0.15, -0.1) is 0 Å². The maximum Gasteiger partial charge on any atom is 0.320 e. The molecule has 26 heavy (non-hydrogen) atoms. The lowest BCUT2D eigenvalue weighted by Crippen LogP contribution is -2.39. The number of likely N-dealkylation sites (tertiary alicyclic amines) is 1. The van der Waals surface area contributed by atoms with Crippen LogP contribution in [-0.2, 0) is 4.79 Å². The van der Waals surface area contributed by atoms with Gasteiger partial charge >= 0.3 is 5.97 Å². The molecule has 0 bridgehead atoms. The van der Waals surface area contributed by atoms with Gasteiger partial charge in [-0.05, 0) is 42.7 Å². The van der Waals surface area contributed by atoms with Crippen molar-refractivity contribution in [3.8, 4) is 0 Å². The van der Waals surface area contributed by atoms with Gasteiger partial charge in [0.25, 0.3) is 0 Å². The zero-order valence-electron chi connectivity index (χ0n) is 14.2. The third-order valence-corrected chi connectivity index (χ3v) is 5.53. The largest absolute Gasteiger partial charge is 0.480 e. The number of nitrogens with zero attached hydrogens (tertiary/aromatic N) is 2. The SMILES string of the molecule is O=C(O)C1CCCN1C(c1ccc(Br)cc1)c1ccc2ccccc2n1. The Balaban J connectivity index is 1.83. The molecule has 0 spiro atoms. The lowest BCUT2D eigenvalue weighted by atomic mass is 9.99. The Hall–Kier alpha value is -2.24. The fourth-order valence-corrected chi connectivity index (χ4v) is 4.04. The molecule has 132 valence electrons. The summed E-state index contributed by atoms with van der Waals surface area (Å²) >= 11 is 3.48. The van der Waals surface area contributed by atoms with E-state index in [1.54, 1.807) is 0 Å². The summed E-state index contributed by atoms with van der Waals surface area (Å²) in [4.78, 5) is 18.7. The van der Waals surface area contributed by atoms with Gasteiger partial charge in [-0.1, -0.05) is 52.3 Å². The summed E-state index contributed by atoms with van der Waals surface area (Å²) < 4.78 is 1.00. The molecule has 4 nitrogen and oxygen atoms in total. The van der Waals surface area contributed by atoms with Crippen LogP contribution in [-0.4, -0.2) is 33.5 Å². The number of aliphatic carboxylic acids is 1. The molecule has 1 aromatic heterocycles. The van der Waals surface area contributed by atoms with Crippen molar-refractivity contribution in [2.24, 2.45) is 0 Å². The number of pyridine rings is 1. The first-order chi connectivity index (χ1) is 12.6. The number of aromatic nitrogens is 1. The number of para-hydroxylation sites is 1. The van der Waals surface area contributed by atoms with E-state index >= 15 is 0 Å². The van der Waals surface area contributed by atoms with Crippen molar-refractivity contribution in [3.63, 3.8) is 0 Å². The monoisotopic (exact) mass is 410 g/mol. The topological polar surface area (TPSA) is 53.4 Å². The second-order valence-corrected chi connectivity index (χ2v) is 7.53. The molecule has 4 rings (SSSR count). The van der Waals surface area contributed by atoms with Crippen molar-refractivity contribution >= 4 is 32.8 Å². The van der Waals surface area contributed by atoms with Gasteiger partial charge in [-0.25, -0.2) is 0 Å². The van der Waals surface area contributed by atoms with E-state index in [9.17, 15) is 9.90 Å². The normalized spacial score (nSPS) is 18.9. The minimum Gasteiger partial charge on any atom is -0.480 e. The number of halogens is 1. The van der Waals surface area contributed by atoms with Gasteiger partial charge in [0.1, 0.15) is 6.04 Å². The molecular formula is C21H19BrN2O2. The summed E-state index contributed by atoms with van der Waals surface area (Å²) in [5.41, 5.74) is 2.88. The second-order valence-electron chi connectivity index (χ2n) is 6.62. The molecule has 1 aliphatic heterocycles. The molecule has 3 aromatic rings. The highest BCUT2D eigenvalue weighted by molar-refractivity contribution is 9.10. The number of fused-ring (bicyclic) bond motifs is 1. The minimum atomic E-state index is -0.759. The summed E-state index contributed by atoms with van der Waals surface area (Å²) in [6.45, 7) is 0.756. The number of hydrogen-bond donors (Lipinski definition) is 1. The first-order valence-electron chi connectivity index (χ1n) is 8.73. The highest BCUT2D eigenvalue weighted by Gasteiger charge is 2.37. The summed E-state index contributed by atoms with van der Waals surface area (Å²) in [6, 6.07) is 19.5. The zero-order valence-corrected chi connectivity index (χ0v) is 15.8. The van der Waals surface area contributed by atoms with Crippen molar-refractivity contribution in [2.45, 2.75) is 24.9 Å². The Morgan fingerprint density at radius 1 is 1.12 bits per heavy atom. The van der Waals surface area contributed by atoms with Crippen molar-refractivity contribution in [3.05, 3.63) is 76.4 Å². The van der Waals surface area contributed by atoms with Crippen LogP contribution in [0.25, 0.3) is 10.9 Å². The van der Waals surface area contributed by atoms with Crippen LogP contribution in [0.3, 0.4) is 0 Å². The number of carboxylic acid groups (broad SMARTS) is 1. The maximum absolute atomic E-state index is 11.8. The molecule has 1 N–H and O–H groups in total. The molecule has 0 radical (unpaired) electrons. The predicted octanol–water partition coefficient (Wildman–Crippen LogP) is 4.64. The zero-order chi connectivity index (χ0) is 18.1. The van der Waals surface area contributed by atoms with Crippen molar-refractivity contribution < 1.29 is 9.90 Å². The number of rotatable bonds is 4. The van der Waals surface area contributed by atoms with E-state index in [0.29, 0.717) is 6.42 Å². The molecule has 2 unspecified atom stereocenters. The average Bonchev–Trinajstić information content (AvgIpc) is 3.13. The number of carboxylic acids is 1. The van der Waals surface area contributed by atoms with E-state index in [2.05, 4.69) is 26.9 Å². The number of hydrogen-bond acceptors (Lipinski definition) is 3. The predicted molar refractivity (Wildman–Crippen MR) is 105 cm³/mol. The van der Waals surface area contributed by atoms with Crippen LogP contribution < -0.4 is 0 Å². The standard InChI is InChI=1S/C21H19BrN2O2/c22-16-10-7-15(8-11-16)20(24-13-3-6-19(24)21(25)26)18-12-9-14-4-1-2-5-17(14)23-18/h1-2,4-5,7-12,19-20H,3,6,13H2,(H,25,26). The molecule has 2 heterocycles. The van der Waals surface area contributed by atoms with E-state index in [0.717, 1.165) is 39.6 Å². The smallest absolute Gasteiger partial charge is 0.320 e. The third kappa shape index (κ3) is 3.24. The van der Waals surface area contributed by atoms with Crippen LogP contribution in [0.4, 0.5) is 0 Å². The van der Waals surface area contributed by atoms with Gasteiger partial charge in [0.2, 0.25) is 0 Å².